The Morgan fingerprint density at radius 1 is 1.25 bits per heavy atom. The molecule has 0 amide bonds. The molecule has 0 fully saturated rings. The number of benzene rings is 1. The van der Waals surface area contributed by atoms with Crippen LogP contribution in [0.3, 0.4) is 0 Å². The Labute approximate surface area is 72.9 Å². The van der Waals surface area contributed by atoms with Crippen molar-refractivity contribution in [2.75, 3.05) is 0 Å². The van der Waals surface area contributed by atoms with Crippen LogP contribution in [0.25, 0.3) is 6.08 Å². The van der Waals surface area contributed by atoms with Crippen molar-refractivity contribution in [2.24, 2.45) is 5.73 Å². The first kappa shape index (κ1) is 7.56. The van der Waals surface area contributed by atoms with Gasteiger partial charge < -0.3 is 5.73 Å². The first-order valence-electron chi connectivity index (χ1n) is 4.32. The van der Waals surface area contributed by atoms with Crippen molar-refractivity contribution < 1.29 is 0 Å². The summed E-state index contributed by atoms with van der Waals surface area (Å²) in [4.78, 5) is 0. The minimum atomic E-state index is 0.180. The first-order valence-corrected chi connectivity index (χ1v) is 4.32. The molecule has 62 valence electrons. The van der Waals surface area contributed by atoms with Crippen molar-refractivity contribution >= 4 is 6.08 Å². The molecule has 0 radical (unpaired) electrons. The summed E-state index contributed by atoms with van der Waals surface area (Å²) in [6.45, 7) is 2.17. The highest BCUT2D eigenvalue weighted by Crippen LogP contribution is 2.27. The van der Waals surface area contributed by atoms with Gasteiger partial charge in [-0.15, -0.1) is 0 Å². The maximum atomic E-state index is 5.91. The molecule has 0 aliphatic heterocycles. The molecule has 2 N–H and O–H groups in total. The van der Waals surface area contributed by atoms with Gasteiger partial charge in [-0.1, -0.05) is 43.3 Å². The Kier molecular flexibility index (Phi) is 1.74. The van der Waals surface area contributed by atoms with Gasteiger partial charge in [-0.3, -0.25) is 0 Å². The molecule has 2 atom stereocenters. The quantitative estimate of drug-likeness (QED) is 0.616. The van der Waals surface area contributed by atoms with E-state index in [4.69, 9.17) is 5.73 Å². The predicted octanol–water partition coefficient (Wildman–Crippen LogP) is 2.14. The van der Waals surface area contributed by atoms with Crippen LogP contribution in [-0.4, -0.2) is 6.04 Å². The number of nitrogens with two attached hydrogens (primary N) is 1. The summed E-state index contributed by atoms with van der Waals surface area (Å²) in [6.07, 6.45) is 4.19. The monoisotopic (exact) mass is 159 g/mol. The Bertz CT molecular complexity index is 315. The van der Waals surface area contributed by atoms with Crippen LogP contribution < -0.4 is 5.73 Å². The molecule has 12 heavy (non-hydrogen) atoms. The molecule has 0 bridgehead atoms. The fourth-order valence-corrected chi connectivity index (χ4v) is 1.67. The van der Waals surface area contributed by atoms with Crippen molar-refractivity contribution in [1.82, 2.24) is 0 Å². The molecule has 2 rings (SSSR count). The summed E-state index contributed by atoms with van der Waals surface area (Å²) in [7, 11) is 0. The lowest BCUT2D eigenvalue weighted by Gasteiger charge is -2.23. The van der Waals surface area contributed by atoms with Gasteiger partial charge >= 0.3 is 0 Å². The highest BCUT2D eigenvalue weighted by molar-refractivity contribution is 5.58. The van der Waals surface area contributed by atoms with E-state index in [2.05, 4.69) is 43.3 Å². The van der Waals surface area contributed by atoms with Crippen molar-refractivity contribution in [3.63, 3.8) is 0 Å². The van der Waals surface area contributed by atoms with E-state index in [1.807, 2.05) is 0 Å². The number of rotatable bonds is 0. The van der Waals surface area contributed by atoms with Gasteiger partial charge in [0.05, 0.1) is 0 Å². The minimum absolute atomic E-state index is 0.180. The highest BCUT2D eigenvalue weighted by Gasteiger charge is 2.17. The van der Waals surface area contributed by atoms with Crippen LogP contribution in [-0.2, 0) is 0 Å². The molecular formula is C11H13N. The Balaban J connectivity index is 2.52. The van der Waals surface area contributed by atoms with Gasteiger partial charge in [0.1, 0.15) is 0 Å². The maximum absolute atomic E-state index is 5.91. The largest absolute Gasteiger partial charge is 0.324 e. The van der Waals surface area contributed by atoms with Crippen molar-refractivity contribution in [3.05, 3.63) is 41.5 Å². The lowest BCUT2D eigenvalue weighted by molar-refractivity contribution is 0.657. The second-order valence-electron chi connectivity index (χ2n) is 3.35. The second kappa shape index (κ2) is 2.76. The summed E-state index contributed by atoms with van der Waals surface area (Å²) >= 11 is 0. The van der Waals surface area contributed by atoms with Crippen molar-refractivity contribution in [1.29, 1.82) is 0 Å². The fraction of sp³-hybridized carbons (Fsp3) is 0.273. The molecule has 0 heterocycles. The van der Waals surface area contributed by atoms with Crippen molar-refractivity contribution in [3.8, 4) is 0 Å². The minimum Gasteiger partial charge on any atom is -0.324 e. The lowest BCUT2D eigenvalue weighted by Crippen LogP contribution is -2.26. The van der Waals surface area contributed by atoms with E-state index >= 15 is 0 Å². The van der Waals surface area contributed by atoms with Gasteiger partial charge in [0.15, 0.2) is 0 Å². The third kappa shape index (κ3) is 1.07. The number of hydrogen-bond donors (Lipinski definition) is 1. The molecule has 1 aromatic rings. The molecular weight excluding hydrogens is 146 g/mol. The van der Waals surface area contributed by atoms with E-state index in [1.54, 1.807) is 0 Å². The normalized spacial score (nSPS) is 26.8. The Morgan fingerprint density at radius 2 is 2.00 bits per heavy atom. The van der Waals surface area contributed by atoms with Gasteiger partial charge in [0, 0.05) is 12.0 Å². The maximum Gasteiger partial charge on any atom is 0.0294 e. The third-order valence-electron chi connectivity index (χ3n) is 2.56. The standard InChI is InChI=1S/C11H13N/c1-8-10-5-3-2-4-9(10)6-7-11(8)12/h2-8,11H,12H2,1H3. The summed E-state index contributed by atoms with van der Waals surface area (Å²) in [5.41, 5.74) is 8.59. The predicted molar refractivity (Wildman–Crippen MR) is 51.9 cm³/mol. The van der Waals surface area contributed by atoms with Crippen LogP contribution in [0.2, 0.25) is 0 Å². The van der Waals surface area contributed by atoms with Crippen molar-refractivity contribution in [2.45, 2.75) is 18.9 Å². The van der Waals surface area contributed by atoms with Crippen LogP contribution in [0, 0.1) is 0 Å². The van der Waals surface area contributed by atoms with E-state index in [0.29, 0.717) is 5.92 Å². The topological polar surface area (TPSA) is 26.0 Å². The van der Waals surface area contributed by atoms with Gasteiger partial charge in [0.25, 0.3) is 0 Å². The zero-order valence-corrected chi connectivity index (χ0v) is 7.20. The third-order valence-corrected chi connectivity index (χ3v) is 2.56. The lowest BCUT2D eigenvalue weighted by atomic mass is 9.85. The summed E-state index contributed by atoms with van der Waals surface area (Å²) in [6, 6.07) is 8.60. The van der Waals surface area contributed by atoms with Crippen LogP contribution in [0.4, 0.5) is 0 Å². The van der Waals surface area contributed by atoms with Gasteiger partial charge in [-0.05, 0) is 11.1 Å². The second-order valence-corrected chi connectivity index (χ2v) is 3.35. The van der Waals surface area contributed by atoms with E-state index < -0.39 is 0 Å². The van der Waals surface area contributed by atoms with Crippen LogP contribution >= 0.6 is 0 Å². The molecule has 1 aliphatic carbocycles. The molecule has 2 unspecified atom stereocenters. The average Bonchev–Trinajstić information content (AvgIpc) is 2.12. The molecule has 1 nitrogen and oxygen atoms in total. The zero-order valence-electron chi connectivity index (χ0n) is 7.20. The highest BCUT2D eigenvalue weighted by atomic mass is 14.6. The summed E-state index contributed by atoms with van der Waals surface area (Å²) < 4.78 is 0. The molecule has 1 aromatic carbocycles. The SMILES string of the molecule is CC1c2ccccc2C=CC1N. The van der Waals surface area contributed by atoms with E-state index in [-0.39, 0.29) is 6.04 Å². The molecule has 0 aromatic heterocycles. The Hall–Kier alpha value is -1.08. The average molecular weight is 159 g/mol. The zero-order chi connectivity index (χ0) is 8.55. The first-order chi connectivity index (χ1) is 5.79. The van der Waals surface area contributed by atoms with E-state index in [1.165, 1.54) is 11.1 Å². The number of fused-ring (bicyclic) bond motifs is 1. The van der Waals surface area contributed by atoms with Gasteiger partial charge in [-0.25, -0.2) is 0 Å². The molecule has 0 saturated carbocycles. The molecule has 0 spiro atoms. The van der Waals surface area contributed by atoms with Gasteiger partial charge in [0.2, 0.25) is 0 Å². The molecule has 1 heteroatoms. The van der Waals surface area contributed by atoms with E-state index in [9.17, 15) is 0 Å². The van der Waals surface area contributed by atoms with Crippen LogP contribution in [0.5, 0.6) is 0 Å². The van der Waals surface area contributed by atoms with E-state index in [0.717, 1.165) is 0 Å². The smallest absolute Gasteiger partial charge is 0.0294 e. The Morgan fingerprint density at radius 3 is 2.83 bits per heavy atom. The summed E-state index contributed by atoms with van der Waals surface area (Å²) in [5, 5.41) is 0. The fourth-order valence-electron chi connectivity index (χ4n) is 1.67. The molecule has 1 aliphatic rings. The van der Waals surface area contributed by atoms with Crippen LogP contribution in [0.1, 0.15) is 24.0 Å². The number of hydrogen-bond acceptors (Lipinski definition) is 1. The summed E-state index contributed by atoms with van der Waals surface area (Å²) in [5.74, 6) is 0.450. The molecule has 0 saturated heterocycles. The van der Waals surface area contributed by atoms with Gasteiger partial charge in [-0.2, -0.15) is 0 Å². The van der Waals surface area contributed by atoms with Crippen LogP contribution in [0.15, 0.2) is 30.3 Å².